The van der Waals surface area contributed by atoms with Crippen LogP contribution in [0.3, 0.4) is 0 Å². The highest BCUT2D eigenvalue weighted by atomic mass is 16.6. The van der Waals surface area contributed by atoms with Gasteiger partial charge in [-0.2, -0.15) is 0 Å². The summed E-state index contributed by atoms with van der Waals surface area (Å²) < 4.78 is 6.56. The van der Waals surface area contributed by atoms with Gasteiger partial charge < -0.3 is 4.74 Å². The monoisotopic (exact) mass is 276 g/mol. The van der Waals surface area contributed by atoms with Crippen molar-refractivity contribution in [3.05, 3.63) is 39.7 Å². The van der Waals surface area contributed by atoms with E-state index in [0.29, 0.717) is 29.8 Å². The van der Waals surface area contributed by atoms with Gasteiger partial charge in [0.1, 0.15) is 17.1 Å². The number of hydrogen-bond acceptors (Lipinski definition) is 6. The first-order valence-electron chi connectivity index (χ1n) is 5.85. The van der Waals surface area contributed by atoms with Crippen molar-refractivity contribution < 1.29 is 14.5 Å². The van der Waals surface area contributed by atoms with Gasteiger partial charge in [0.15, 0.2) is 6.29 Å². The van der Waals surface area contributed by atoms with Crippen molar-refractivity contribution in [3.63, 3.8) is 0 Å². The van der Waals surface area contributed by atoms with E-state index in [1.807, 2.05) is 6.92 Å². The van der Waals surface area contributed by atoms with E-state index in [9.17, 15) is 14.9 Å². The highest BCUT2D eigenvalue weighted by Crippen LogP contribution is 2.28. The number of hydrogen-bond donors (Lipinski definition) is 0. The first-order chi connectivity index (χ1) is 9.62. The molecule has 0 spiro atoms. The zero-order chi connectivity index (χ0) is 14.7. The van der Waals surface area contributed by atoms with E-state index in [0.717, 1.165) is 0 Å². The van der Waals surface area contributed by atoms with E-state index in [-0.39, 0.29) is 11.4 Å². The third-order valence-electron chi connectivity index (χ3n) is 2.84. The number of ether oxygens (including phenoxy) is 1. The Bertz CT molecular complexity index is 665. The summed E-state index contributed by atoms with van der Waals surface area (Å²) in [7, 11) is 1.45. The molecule has 0 aliphatic carbocycles. The zero-order valence-corrected chi connectivity index (χ0v) is 10.9. The molecule has 20 heavy (non-hydrogen) atoms. The highest BCUT2D eigenvalue weighted by Gasteiger charge is 2.18. The molecule has 1 heterocycles. The fourth-order valence-electron chi connectivity index (χ4n) is 1.89. The number of aldehydes is 1. The van der Waals surface area contributed by atoms with E-state index < -0.39 is 4.92 Å². The number of non-ortho nitro benzene ring substituents is 1. The summed E-state index contributed by atoms with van der Waals surface area (Å²) in [5.41, 5.74) is 1.06. The van der Waals surface area contributed by atoms with E-state index in [4.69, 9.17) is 4.74 Å². The van der Waals surface area contributed by atoms with Crippen LogP contribution in [0, 0.1) is 10.1 Å². The van der Waals surface area contributed by atoms with Gasteiger partial charge in [0.25, 0.3) is 5.69 Å². The molecular weight excluding hydrogens is 264 g/mol. The molecule has 8 heteroatoms. The molecule has 1 aromatic carbocycles. The Morgan fingerprint density at radius 1 is 1.50 bits per heavy atom. The number of carbonyl (C=O) groups excluding carboxylic acids is 1. The van der Waals surface area contributed by atoms with Gasteiger partial charge >= 0.3 is 0 Å². The van der Waals surface area contributed by atoms with Crippen LogP contribution >= 0.6 is 0 Å². The Kier molecular flexibility index (Phi) is 3.74. The number of carbonyl (C=O) groups is 1. The summed E-state index contributed by atoms with van der Waals surface area (Å²) in [5.74, 6) is 0.410. The van der Waals surface area contributed by atoms with Crippen LogP contribution in [0.15, 0.2) is 18.2 Å². The molecule has 0 saturated carbocycles. The van der Waals surface area contributed by atoms with Crippen molar-refractivity contribution in [1.29, 1.82) is 0 Å². The van der Waals surface area contributed by atoms with E-state index in [1.165, 1.54) is 30.0 Å². The van der Waals surface area contributed by atoms with Gasteiger partial charge in [-0.3, -0.25) is 14.9 Å². The largest absolute Gasteiger partial charge is 0.494 e. The molecule has 2 rings (SSSR count). The van der Waals surface area contributed by atoms with Gasteiger partial charge in [-0.15, -0.1) is 5.10 Å². The average molecular weight is 276 g/mol. The topological polar surface area (TPSA) is 100 Å². The predicted molar refractivity (Wildman–Crippen MR) is 69.3 cm³/mol. The average Bonchev–Trinajstić information content (AvgIpc) is 2.88. The number of nitrogens with zero attached hydrogens (tertiary/aromatic N) is 4. The molecule has 0 aliphatic heterocycles. The molecule has 0 N–H and O–H groups in total. The van der Waals surface area contributed by atoms with Gasteiger partial charge in [-0.1, -0.05) is 12.1 Å². The van der Waals surface area contributed by atoms with Crippen molar-refractivity contribution in [2.45, 2.75) is 13.3 Å². The number of benzene rings is 1. The number of methoxy groups -OCH3 is 1. The molecule has 0 saturated heterocycles. The SMILES string of the molecule is CCc1c(C=O)nnn1-c1cc([N+](=O)[O-])ccc1OC. The summed E-state index contributed by atoms with van der Waals surface area (Å²) in [6, 6.07) is 4.15. The molecule has 2 aromatic rings. The van der Waals surface area contributed by atoms with Crippen LogP contribution in [0.4, 0.5) is 5.69 Å². The van der Waals surface area contributed by atoms with Crippen LogP contribution in [0.5, 0.6) is 5.75 Å². The molecule has 104 valence electrons. The molecule has 0 radical (unpaired) electrons. The third kappa shape index (κ3) is 2.22. The summed E-state index contributed by atoms with van der Waals surface area (Å²) in [4.78, 5) is 21.3. The van der Waals surface area contributed by atoms with Crippen molar-refractivity contribution in [3.8, 4) is 11.4 Å². The fraction of sp³-hybridized carbons (Fsp3) is 0.250. The first kappa shape index (κ1) is 13.7. The Morgan fingerprint density at radius 2 is 2.25 bits per heavy atom. The Hall–Kier alpha value is -2.77. The lowest BCUT2D eigenvalue weighted by atomic mass is 10.2. The minimum atomic E-state index is -0.508. The number of rotatable bonds is 5. The summed E-state index contributed by atoms with van der Waals surface area (Å²) in [5, 5.41) is 18.5. The lowest BCUT2D eigenvalue weighted by Crippen LogP contribution is -2.05. The zero-order valence-electron chi connectivity index (χ0n) is 10.9. The Labute approximate surface area is 114 Å². The predicted octanol–water partition coefficient (Wildman–Crippen LogP) is 1.56. The standard InChI is InChI=1S/C12H12N4O4/c1-3-10-9(7-17)13-14-15(10)11-6-8(16(18)19)4-5-12(11)20-2/h4-7H,3H2,1-2H3. The lowest BCUT2D eigenvalue weighted by Gasteiger charge is -2.09. The van der Waals surface area contributed by atoms with Crippen molar-refractivity contribution in [2.75, 3.05) is 7.11 Å². The minimum absolute atomic E-state index is 0.0917. The maximum atomic E-state index is 10.9. The minimum Gasteiger partial charge on any atom is -0.494 e. The maximum Gasteiger partial charge on any atom is 0.271 e. The quantitative estimate of drug-likeness (QED) is 0.466. The molecule has 1 aromatic heterocycles. The van der Waals surface area contributed by atoms with Crippen LogP contribution in [0.2, 0.25) is 0 Å². The van der Waals surface area contributed by atoms with Gasteiger partial charge in [-0.05, 0) is 12.5 Å². The van der Waals surface area contributed by atoms with Crippen molar-refractivity contribution >= 4 is 12.0 Å². The number of aromatic nitrogens is 3. The van der Waals surface area contributed by atoms with Gasteiger partial charge in [0.2, 0.25) is 0 Å². The second kappa shape index (κ2) is 5.47. The van der Waals surface area contributed by atoms with E-state index in [2.05, 4.69) is 10.3 Å². The maximum absolute atomic E-state index is 10.9. The second-order valence-corrected chi connectivity index (χ2v) is 3.92. The molecule has 0 atom stereocenters. The van der Waals surface area contributed by atoms with Crippen LogP contribution < -0.4 is 4.74 Å². The number of nitro benzene ring substituents is 1. The smallest absolute Gasteiger partial charge is 0.271 e. The molecule has 0 amide bonds. The van der Waals surface area contributed by atoms with Crippen LogP contribution in [-0.2, 0) is 6.42 Å². The molecule has 0 bridgehead atoms. The first-order valence-corrected chi connectivity index (χ1v) is 5.85. The summed E-state index contributed by atoms with van der Waals surface area (Å²) in [6.07, 6.45) is 1.11. The van der Waals surface area contributed by atoms with Gasteiger partial charge in [0.05, 0.1) is 17.7 Å². The van der Waals surface area contributed by atoms with Crippen molar-refractivity contribution in [1.82, 2.24) is 15.0 Å². The molecule has 8 nitrogen and oxygen atoms in total. The fourth-order valence-corrected chi connectivity index (χ4v) is 1.89. The lowest BCUT2D eigenvalue weighted by molar-refractivity contribution is -0.384. The summed E-state index contributed by atoms with van der Waals surface area (Å²) >= 11 is 0. The highest BCUT2D eigenvalue weighted by molar-refractivity contribution is 5.73. The van der Waals surface area contributed by atoms with Crippen LogP contribution in [0.25, 0.3) is 5.69 Å². The normalized spacial score (nSPS) is 10.3. The third-order valence-corrected chi connectivity index (χ3v) is 2.84. The molecule has 0 unspecified atom stereocenters. The Morgan fingerprint density at radius 3 is 2.80 bits per heavy atom. The van der Waals surface area contributed by atoms with Gasteiger partial charge in [0, 0.05) is 12.1 Å². The molecule has 0 fully saturated rings. The van der Waals surface area contributed by atoms with E-state index in [1.54, 1.807) is 0 Å². The Balaban J connectivity index is 2.66. The molecular formula is C12H12N4O4. The van der Waals surface area contributed by atoms with Gasteiger partial charge in [-0.25, -0.2) is 4.68 Å². The second-order valence-electron chi connectivity index (χ2n) is 3.92. The van der Waals surface area contributed by atoms with Crippen LogP contribution in [0.1, 0.15) is 23.1 Å². The summed E-state index contributed by atoms with van der Waals surface area (Å²) in [6.45, 7) is 1.84. The van der Waals surface area contributed by atoms with Crippen LogP contribution in [-0.4, -0.2) is 33.3 Å². The van der Waals surface area contributed by atoms with E-state index >= 15 is 0 Å². The molecule has 0 aliphatic rings. The van der Waals surface area contributed by atoms with Crippen molar-refractivity contribution in [2.24, 2.45) is 0 Å². The number of nitro groups is 1.